The quantitative estimate of drug-likeness (QED) is 0.853. The van der Waals surface area contributed by atoms with Crippen molar-refractivity contribution in [3.8, 4) is 0 Å². The zero-order valence-corrected chi connectivity index (χ0v) is 15.2. The van der Waals surface area contributed by atoms with Crippen LogP contribution < -0.4 is 10.2 Å². The molecule has 25 heavy (non-hydrogen) atoms. The lowest BCUT2D eigenvalue weighted by Gasteiger charge is -2.44. The smallest absolute Gasteiger partial charge is 0.234 e. The van der Waals surface area contributed by atoms with Gasteiger partial charge in [0.1, 0.15) is 12.1 Å². The lowest BCUT2D eigenvalue weighted by atomic mass is 10.1. The summed E-state index contributed by atoms with van der Waals surface area (Å²) in [5.41, 5.74) is 2.00. The Morgan fingerprint density at radius 1 is 1.40 bits per heavy atom. The molecule has 0 bridgehead atoms. The van der Waals surface area contributed by atoms with E-state index in [-0.39, 0.29) is 5.91 Å². The Bertz CT molecular complexity index is 748. The Morgan fingerprint density at radius 3 is 2.88 bits per heavy atom. The van der Waals surface area contributed by atoms with Crippen molar-refractivity contribution < 1.29 is 4.79 Å². The molecule has 0 spiro atoms. The zero-order chi connectivity index (χ0) is 17.8. The molecule has 1 aliphatic heterocycles. The number of anilines is 1. The highest BCUT2D eigenvalue weighted by molar-refractivity contribution is 6.31. The molecule has 7 heteroatoms. The van der Waals surface area contributed by atoms with Crippen LogP contribution in [0.1, 0.15) is 11.1 Å². The number of hydrogen-bond acceptors (Lipinski definition) is 5. The van der Waals surface area contributed by atoms with Gasteiger partial charge in [-0.05, 0) is 25.6 Å². The SMILES string of the molecule is Cc1cncnc1N1CC(N(C)CC(=O)NCc2ccccc2Cl)C1. The van der Waals surface area contributed by atoms with E-state index in [0.29, 0.717) is 24.2 Å². The molecule has 1 aliphatic rings. The van der Waals surface area contributed by atoms with Gasteiger partial charge in [0.25, 0.3) is 0 Å². The molecule has 6 nitrogen and oxygen atoms in total. The zero-order valence-electron chi connectivity index (χ0n) is 14.4. The third-order valence-corrected chi connectivity index (χ3v) is 4.85. The maximum absolute atomic E-state index is 12.2. The Hall–Kier alpha value is -2.18. The maximum atomic E-state index is 12.2. The third kappa shape index (κ3) is 4.27. The van der Waals surface area contributed by atoms with Gasteiger partial charge >= 0.3 is 0 Å². The van der Waals surface area contributed by atoms with Crippen LogP contribution in [-0.2, 0) is 11.3 Å². The van der Waals surface area contributed by atoms with E-state index in [0.717, 1.165) is 30.0 Å². The van der Waals surface area contributed by atoms with Gasteiger partial charge < -0.3 is 10.2 Å². The van der Waals surface area contributed by atoms with Crippen molar-refractivity contribution in [3.63, 3.8) is 0 Å². The van der Waals surface area contributed by atoms with Crippen LogP contribution in [0.4, 0.5) is 5.82 Å². The van der Waals surface area contributed by atoms with Gasteiger partial charge in [0.2, 0.25) is 5.91 Å². The van der Waals surface area contributed by atoms with E-state index in [2.05, 4.69) is 25.1 Å². The molecule has 3 rings (SSSR count). The number of nitrogens with zero attached hydrogens (tertiary/aromatic N) is 4. The first-order valence-corrected chi connectivity index (χ1v) is 8.64. The van der Waals surface area contributed by atoms with Gasteiger partial charge in [0, 0.05) is 42.5 Å². The van der Waals surface area contributed by atoms with Crippen molar-refractivity contribution in [1.29, 1.82) is 0 Å². The summed E-state index contributed by atoms with van der Waals surface area (Å²) < 4.78 is 0. The Labute approximate surface area is 152 Å². The van der Waals surface area contributed by atoms with Crippen LogP contribution in [0.25, 0.3) is 0 Å². The maximum Gasteiger partial charge on any atom is 0.234 e. The van der Waals surface area contributed by atoms with Gasteiger partial charge in [-0.1, -0.05) is 29.8 Å². The summed E-state index contributed by atoms with van der Waals surface area (Å²) in [7, 11) is 1.98. The topological polar surface area (TPSA) is 61.4 Å². The number of hydrogen-bond donors (Lipinski definition) is 1. The average Bonchev–Trinajstić information content (AvgIpc) is 2.54. The summed E-state index contributed by atoms with van der Waals surface area (Å²) in [6.07, 6.45) is 3.39. The summed E-state index contributed by atoms with van der Waals surface area (Å²) in [4.78, 5) is 24.8. The number of likely N-dealkylation sites (N-methyl/N-ethyl adjacent to an activating group) is 1. The van der Waals surface area contributed by atoms with Crippen LogP contribution in [0.5, 0.6) is 0 Å². The molecule has 0 aliphatic carbocycles. The minimum Gasteiger partial charge on any atom is -0.353 e. The monoisotopic (exact) mass is 359 g/mol. The summed E-state index contributed by atoms with van der Waals surface area (Å²) in [6, 6.07) is 7.88. The fourth-order valence-corrected chi connectivity index (χ4v) is 3.08. The van der Waals surface area contributed by atoms with E-state index in [1.807, 2.05) is 44.4 Å². The van der Waals surface area contributed by atoms with Crippen molar-refractivity contribution in [2.45, 2.75) is 19.5 Å². The fourth-order valence-electron chi connectivity index (χ4n) is 2.88. The molecule has 1 saturated heterocycles. The molecular weight excluding hydrogens is 338 g/mol. The van der Waals surface area contributed by atoms with Gasteiger partial charge in [0.15, 0.2) is 0 Å². The lowest BCUT2D eigenvalue weighted by Crippen LogP contribution is -2.60. The van der Waals surface area contributed by atoms with E-state index in [1.165, 1.54) is 0 Å². The molecule has 2 aromatic rings. The number of carbonyl (C=O) groups is 1. The fraction of sp³-hybridized carbons (Fsp3) is 0.389. The second kappa shape index (κ2) is 7.80. The van der Waals surface area contributed by atoms with Crippen molar-refractivity contribution in [2.24, 2.45) is 0 Å². The first-order valence-electron chi connectivity index (χ1n) is 8.26. The molecule has 132 valence electrons. The number of carbonyl (C=O) groups excluding carboxylic acids is 1. The molecular formula is C18H22ClN5O. The number of aromatic nitrogens is 2. The standard InChI is InChI=1S/C18H22ClN5O/c1-13-7-20-12-22-18(13)24-9-15(10-24)23(2)11-17(25)21-8-14-5-3-4-6-16(14)19/h3-7,12,15H,8-11H2,1-2H3,(H,21,25). The molecule has 0 saturated carbocycles. The summed E-state index contributed by atoms with van der Waals surface area (Å²) in [5.74, 6) is 0.974. The third-order valence-electron chi connectivity index (χ3n) is 4.48. The summed E-state index contributed by atoms with van der Waals surface area (Å²) >= 11 is 6.10. The number of amides is 1. The predicted molar refractivity (Wildman–Crippen MR) is 98.7 cm³/mol. The predicted octanol–water partition coefficient (Wildman–Crippen LogP) is 1.88. The molecule has 2 heterocycles. The van der Waals surface area contributed by atoms with Crippen LogP contribution in [0.15, 0.2) is 36.8 Å². The van der Waals surface area contributed by atoms with Gasteiger partial charge in [-0.15, -0.1) is 0 Å². The second-order valence-corrected chi connectivity index (χ2v) is 6.78. The van der Waals surface area contributed by atoms with Crippen LogP contribution in [0, 0.1) is 6.92 Å². The summed E-state index contributed by atoms with van der Waals surface area (Å²) in [6.45, 7) is 4.56. The Morgan fingerprint density at radius 2 is 2.16 bits per heavy atom. The van der Waals surface area contributed by atoms with E-state index >= 15 is 0 Å². The van der Waals surface area contributed by atoms with Gasteiger partial charge in [-0.3, -0.25) is 9.69 Å². The average molecular weight is 360 g/mol. The molecule has 1 aromatic carbocycles. The molecule has 0 unspecified atom stereocenters. The van der Waals surface area contributed by atoms with Crippen molar-refractivity contribution >= 4 is 23.3 Å². The largest absolute Gasteiger partial charge is 0.353 e. The number of benzene rings is 1. The number of halogens is 1. The van der Waals surface area contributed by atoms with Crippen molar-refractivity contribution in [1.82, 2.24) is 20.2 Å². The first kappa shape index (κ1) is 17.6. The molecule has 1 amide bonds. The van der Waals surface area contributed by atoms with E-state index in [1.54, 1.807) is 6.33 Å². The molecule has 0 radical (unpaired) electrons. The molecule has 1 aromatic heterocycles. The number of aryl methyl sites for hydroxylation is 1. The van der Waals surface area contributed by atoms with Crippen LogP contribution in [0.2, 0.25) is 5.02 Å². The van der Waals surface area contributed by atoms with Gasteiger partial charge in [0.05, 0.1) is 6.54 Å². The van der Waals surface area contributed by atoms with Gasteiger partial charge in [-0.2, -0.15) is 0 Å². The number of rotatable bonds is 6. The van der Waals surface area contributed by atoms with Crippen molar-refractivity contribution in [2.75, 3.05) is 31.6 Å². The van der Waals surface area contributed by atoms with Crippen molar-refractivity contribution in [3.05, 3.63) is 52.9 Å². The van der Waals surface area contributed by atoms with E-state index < -0.39 is 0 Å². The lowest BCUT2D eigenvalue weighted by molar-refractivity contribution is -0.122. The van der Waals surface area contributed by atoms with Crippen LogP contribution in [-0.4, -0.2) is 53.5 Å². The first-order chi connectivity index (χ1) is 12.0. The Kier molecular flexibility index (Phi) is 5.50. The van der Waals surface area contributed by atoms with Gasteiger partial charge in [-0.25, -0.2) is 9.97 Å². The number of nitrogens with one attached hydrogen (secondary N) is 1. The highest BCUT2D eigenvalue weighted by Crippen LogP contribution is 2.23. The van der Waals surface area contributed by atoms with E-state index in [4.69, 9.17) is 11.6 Å². The van der Waals surface area contributed by atoms with E-state index in [9.17, 15) is 4.79 Å². The van der Waals surface area contributed by atoms with Crippen LogP contribution in [0.3, 0.4) is 0 Å². The highest BCUT2D eigenvalue weighted by atomic mass is 35.5. The normalized spacial score (nSPS) is 14.5. The highest BCUT2D eigenvalue weighted by Gasteiger charge is 2.32. The molecule has 1 N–H and O–H groups in total. The minimum atomic E-state index is -0.000846. The van der Waals surface area contributed by atoms with Crippen LogP contribution >= 0.6 is 11.6 Å². The Balaban J connectivity index is 1.44. The molecule has 1 fully saturated rings. The summed E-state index contributed by atoms with van der Waals surface area (Å²) in [5, 5.41) is 3.60. The minimum absolute atomic E-state index is 0.000846. The second-order valence-electron chi connectivity index (χ2n) is 6.37. The molecule has 0 atom stereocenters.